The second-order valence-corrected chi connectivity index (χ2v) is 7.96. The molecule has 1 nitrogen and oxygen atoms in total. The lowest BCUT2D eigenvalue weighted by Gasteiger charge is -2.01. The maximum Gasteiger partial charge on any atom is 0.0491 e. The first-order chi connectivity index (χ1) is 13.9. The lowest BCUT2D eigenvalue weighted by atomic mass is 10.2. The quantitative estimate of drug-likeness (QED) is 0.274. The Hall–Kier alpha value is -3.10. The van der Waals surface area contributed by atoms with Gasteiger partial charge in [0, 0.05) is 48.5 Å². The summed E-state index contributed by atoms with van der Waals surface area (Å²) in [6.07, 6.45) is 0. The summed E-state index contributed by atoms with van der Waals surface area (Å²) in [5.74, 6) is 0. The summed E-state index contributed by atoms with van der Waals surface area (Å²) in [6.45, 7) is 3.22. The number of thiophene rings is 1. The molecule has 0 fully saturated rings. The van der Waals surface area contributed by atoms with Crippen molar-refractivity contribution in [3.8, 4) is 0 Å². The predicted octanol–water partition coefficient (Wildman–Crippen LogP) is 7.87. The van der Waals surface area contributed by atoms with Crippen LogP contribution in [0.2, 0.25) is 0 Å². The van der Waals surface area contributed by atoms with Crippen molar-refractivity contribution in [2.75, 3.05) is 0 Å². The van der Waals surface area contributed by atoms with E-state index in [0.717, 1.165) is 6.54 Å². The van der Waals surface area contributed by atoms with E-state index in [9.17, 15) is 0 Å². The third-order valence-corrected chi connectivity index (χ3v) is 6.43. The molecule has 0 saturated carbocycles. The zero-order chi connectivity index (χ0) is 18.9. The second-order valence-electron chi connectivity index (χ2n) is 6.87. The molecule has 2 aromatic heterocycles. The maximum absolute atomic E-state index is 2.37. The van der Waals surface area contributed by atoms with E-state index in [1.54, 1.807) is 0 Å². The van der Waals surface area contributed by atoms with Crippen molar-refractivity contribution < 1.29 is 0 Å². The van der Waals surface area contributed by atoms with Gasteiger partial charge >= 0.3 is 0 Å². The van der Waals surface area contributed by atoms with Crippen LogP contribution in [0.1, 0.15) is 6.92 Å². The molecule has 0 radical (unpaired) electrons. The normalized spacial score (nSPS) is 11.2. The summed E-state index contributed by atoms with van der Waals surface area (Å²) in [6, 6.07) is 34.3. The van der Waals surface area contributed by atoms with E-state index in [1.165, 1.54) is 42.0 Å². The van der Waals surface area contributed by atoms with Gasteiger partial charge in [0.15, 0.2) is 0 Å². The fourth-order valence-electron chi connectivity index (χ4n) is 4.02. The Morgan fingerprint density at radius 2 is 0.929 bits per heavy atom. The summed E-state index contributed by atoms with van der Waals surface area (Å²) in [5.41, 5.74) is 2.67. The summed E-state index contributed by atoms with van der Waals surface area (Å²) in [4.78, 5) is 0. The molecule has 28 heavy (non-hydrogen) atoms. The molecule has 6 rings (SSSR count). The fourth-order valence-corrected chi connectivity index (χ4v) is 5.12. The molecule has 6 aromatic rings. The number of para-hydroxylation sites is 2. The number of hydrogen-bond acceptors (Lipinski definition) is 1. The molecular weight excluding hydrogens is 358 g/mol. The van der Waals surface area contributed by atoms with Crippen molar-refractivity contribution in [1.82, 2.24) is 4.57 Å². The Bertz CT molecular complexity index is 1300. The molecule has 2 heteroatoms. The van der Waals surface area contributed by atoms with Crippen molar-refractivity contribution in [1.29, 1.82) is 0 Å². The van der Waals surface area contributed by atoms with Crippen LogP contribution in [0.5, 0.6) is 0 Å². The van der Waals surface area contributed by atoms with Gasteiger partial charge in [-0.25, -0.2) is 0 Å². The Morgan fingerprint density at radius 3 is 1.39 bits per heavy atom. The van der Waals surface area contributed by atoms with E-state index in [1.807, 2.05) is 11.3 Å². The van der Waals surface area contributed by atoms with Crippen molar-refractivity contribution in [3.63, 3.8) is 0 Å². The third-order valence-electron chi connectivity index (χ3n) is 5.28. The number of aromatic nitrogens is 1. The summed E-state index contributed by atoms with van der Waals surface area (Å²) < 4.78 is 5.12. The minimum atomic E-state index is 1.02. The van der Waals surface area contributed by atoms with Crippen LogP contribution in [0.4, 0.5) is 0 Å². The van der Waals surface area contributed by atoms with E-state index in [2.05, 4.69) is 109 Å². The maximum atomic E-state index is 2.37. The largest absolute Gasteiger partial charge is 0.341 e. The Labute approximate surface area is 168 Å². The highest BCUT2D eigenvalue weighted by atomic mass is 32.1. The molecule has 0 spiro atoms. The molecule has 4 aromatic carbocycles. The van der Waals surface area contributed by atoms with Gasteiger partial charge in [0.25, 0.3) is 0 Å². The molecule has 0 aliphatic carbocycles. The minimum absolute atomic E-state index is 1.02. The zero-order valence-electron chi connectivity index (χ0n) is 15.8. The van der Waals surface area contributed by atoms with Crippen LogP contribution in [0.3, 0.4) is 0 Å². The number of benzene rings is 4. The van der Waals surface area contributed by atoms with Crippen LogP contribution in [0, 0.1) is 0 Å². The van der Waals surface area contributed by atoms with Crippen molar-refractivity contribution >= 4 is 53.3 Å². The predicted molar refractivity (Wildman–Crippen MR) is 124 cm³/mol. The Kier molecular flexibility index (Phi) is 4.34. The molecule has 0 bridgehead atoms. The third kappa shape index (κ3) is 2.78. The lowest BCUT2D eigenvalue weighted by molar-refractivity contribution is 0.827. The smallest absolute Gasteiger partial charge is 0.0491 e. The van der Waals surface area contributed by atoms with E-state index in [-0.39, 0.29) is 0 Å². The average Bonchev–Trinajstić information content (AvgIpc) is 3.30. The second kappa shape index (κ2) is 7.14. The molecule has 0 saturated heterocycles. The first-order valence-electron chi connectivity index (χ1n) is 9.69. The van der Waals surface area contributed by atoms with Gasteiger partial charge in [0.2, 0.25) is 0 Å². The van der Waals surface area contributed by atoms with Crippen LogP contribution >= 0.6 is 11.3 Å². The first-order valence-corrected chi connectivity index (χ1v) is 10.5. The van der Waals surface area contributed by atoms with Gasteiger partial charge < -0.3 is 4.57 Å². The monoisotopic (exact) mass is 379 g/mol. The van der Waals surface area contributed by atoms with Crippen LogP contribution in [0.15, 0.2) is 97.1 Å². The molecule has 0 amide bonds. The number of hydrogen-bond donors (Lipinski definition) is 0. The van der Waals surface area contributed by atoms with Crippen molar-refractivity contribution in [3.05, 3.63) is 97.1 Å². The number of rotatable bonds is 1. The van der Waals surface area contributed by atoms with E-state index in [0.29, 0.717) is 0 Å². The van der Waals surface area contributed by atoms with Crippen molar-refractivity contribution in [2.24, 2.45) is 0 Å². The summed E-state index contributed by atoms with van der Waals surface area (Å²) >= 11 is 1.86. The summed E-state index contributed by atoms with van der Waals surface area (Å²) in [5, 5.41) is 5.47. The van der Waals surface area contributed by atoms with E-state index >= 15 is 0 Å². The first kappa shape index (κ1) is 17.0. The van der Waals surface area contributed by atoms with Crippen LogP contribution in [-0.4, -0.2) is 4.57 Å². The molecule has 2 heterocycles. The van der Waals surface area contributed by atoms with Crippen LogP contribution in [-0.2, 0) is 6.54 Å². The van der Waals surface area contributed by atoms with Crippen molar-refractivity contribution in [2.45, 2.75) is 13.5 Å². The fraction of sp³-hybridized carbons (Fsp3) is 0.0769. The van der Waals surface area contributed by atoms with E-state index < -0.39 is 0 Å². The van der Waals surface area contributed by atoms with Gasteiger partial charge in [-0.15, -0.1) is 11.3 Å². The SMILES string of the molecule is CCn1c2ccccc2c2ccccc21.c1ccc2c(c1)sc1ccccc12. The van der Waals surface area contributed by atoms with Gasteiger partial charge in [-0.2, -0.15) is 0 Å². The molecule has 0 atom stereocenters. The van der Waals surface area contributed by atoms with Gasteiger partial charge in [0.05, 0.1) is 0 Å². The van der Waals surface area contributed by atoms with E-state index in [4.69, 9.17) is 0 Å². The van der Waals surface area contributed by atoms with Crippen LogP contribution < -0.4 is 0 Å². The molecule has 0 unspecified atom stereocenters. The van der Waals surface area contributed by atoms with Crippen LogP contribution in [0.25, 0.3) is 42.0 Å². The molecule has 0 aliphatic rings. The number of nitrogens with zero attached hydrogens (tertiary/aromatic N) is 1. The highest BCUT2D eigenvalue weighted by Crippen LogP contribution is 2.33. The highest BCUT2D eigenvalue weighted by molar-refractivity contribution is 7.25. The van der Waals surface area contributed by atoms with Gasteiger partial charge in [-0.05, 0) is 31.2 Å². The minimum Gasteiger partial charge on any atom is -0.341 e. The average molecular weight is 380 g/mol. The zero-order valence-corrected chi connectivity index (χ0v) is 16.6. The molecule has 0 N–H and O–H groups in total. The van der Waals surface area contributed by atoms with Gasteiger partial charge in [0.1, 0.15) is 0 Å². The Balaban J connectivity index is 0.000000123. The van der Waals surface area contributed by atoms with Gasteiger partial charge in [-0.1, -0.05) is 72.8 Å². The highest BCUT2D eigenvalue weighted by Gasteiger charge is 2.07. The standard InChI is InChI=1S/C14H13N.C12H8S/c1-2-15-13-9-5-3-7-11(13)12-8-4-6-10-14(12)15;1-3-7-11-9(5-1)10-6-2-4-8-12(10)13-11/h3-10H,2H2,1H3;1-8H. The summed E-state index contributed by atoms with van der Waals surface area (Å²) in [7, 11) is 0. The molecule has 136 valence electrons. The van der Waals surface area contributed by atoms with Gasteiger partial charge in [-0.3, -0.25) is 0 Å². The topological polar surface area (TPSA) is 4.93 Å². The molecular formula is C26H21NS. The lowest BCUT2D eigenvalue weighted by Crippen LogP contribution is -1.91. The Morgan fingerprint density at radius 1 is 0.536 bits per heavy atom. The number of aryl methyl sites for hydroxylation is 1. The molecule has 0 aliphatic heterocycles. The number of fused-ring (bicyclic) bond motifs is 6.